The summed E-state index contributed by atoms with van der Waals surface area (Å²) in [5.74, 6) is 0.127. The summed E-state index contributed by atoms with van der Waals surface area (Å²) in [6.45, 7) is 0. The number of benzene rings is 3. The Hall–Kier alpha value is -4.79. The third-order valence-electron chi connectivity index (χ3n) is 5.09. The number of nitrogens with zero attached hydrogens (tertiary/aromatic N) is 2. The number of rotatable bonds is 9. The molecule has 0 saturated heterocycles. The van der Waals surface area contributed by atoms with Crippen molar-refractivity contribution in [2.45, 2.75) is 12.8 Å². The van der Waals surface area contributed by atoms with E-state index < -0.39 is 5.91 Å². The van der Waals surface area contributed by atoms with Crippen LogP contribution in [0.2, 0.25) is 0 Å². The number of amides is 2. The number of anilines is 2. The van der Waals surface area contributed by atoms with Crippen molar-refractivity contribution in [2.75, 3.05) is 17.7 Å². The molecule has 0 fully saturated rings. The van der Waals surface area contributed by atoms with Crippen molar-refractivity contribution in [3.8, 4) is 17.2 Å². The maximum Gasteiger partial charge on any atom is 0.322 e. The molecule has 0 spiro atoms. The summed E-state index contributed by atoms with van der Waals surface area (Å²) in [5, 5.41) is 13.1. The van der Waals surface area contributed by atoms with E-state index in [2.05, 4.69) is 20.8 Å². The van der Waals surface area contributed by atoms with Gasteiger partial charge in [-0.15, -0.1) is 5.10 Å². The molecular weight excluding hydrogens is 448 g/mol. The number of carbonyl (C=O) groups is 3. The topological polar surface area (TPSA) is 123 Å². The van der Waals surface area contributed by atoms with E-state index in [0.717, 1.165) is 0 Å². The number of hydrogen-bond acceptors (Lipinski definition) is 7. The lowest BCUT2D eigenvalue weighted by Crippen LogP contribution is -2.14. The van der Waals surface area contributed by atoms with Crippen LogP contribution < -0.4 is 15.4 Å². The molecule has 1 aromatic heterocycles. The third-order valence-corrected chi connectivity index (χ3v) is 5.09. The Kier molecular flexibility index (Phi) is 7.27. The normalized spacial score (nSPS) is 10.4. The minimum Gasteiger partial charge on any atom is -0.497 e. The number of hydrogen-bond donors (Lipinski definition) is 2. The fourth-order valence-corrected chi connectivity index (χ4v) is 3.22. The van der Waals surface area contributed by atoms with Crippen LogP contribution in [0, 0.1) is 0 Å². The SMILES string of the molecule is COc1ccc(-c2nnc(NC(=O)c3ccc(NC(=O)CCC(=O)c4ccccc4)cc3)o2)cc1. The van der Waals surface area contributed by atoms with E-state index >= 15 is 0 Å². The molecule has 4 aromatic rings. The van der Waals surface area contributed by atoms with Crippen molar-refractivity contribution in [3.05, 3.63) is 90.0 Å². The van der Waals surface area contributed by atoms with Gasteiger partial charge in [-0.3, -0.25) is 19.7 Å². The van der Waals surface area contributed by atoms with Crippen molar-refractivity contribution in [1.82, 2.24) is 10.2 Å². The molecule has 1 heterocycles. The smallest absolute Gasteiger partial charge is 0.322 e. The van der Waals surface area contributed by atoms with E-state index in [9.17, 15) is 14.4 Å². The van der Waals surface area contributed by atoms with E-state index in [1.54, 1.807) is 79.9 Å². The molecule has 176 valence electrons. The summed E-state index contributed by atoms with van der Waals surface area (Å²) in [7, 11) is 1.57. The molecule has 2 N–H and O–H groups in total. The largest absolute Gasteiger partial charge is 0.497 e. The van der Waals surface area contributed by atoms with Crippen LogP contribution >= 0.6 is 0 Å². The molecule has 9 heteroatoms. The highest BCUT2D eigenvalue weighted by Crippen LogP contribution is 2.23. The van der Waals surface area contributed by atoms with Gasteiger partial charge in [-0.2, -0.15) is 0 Å². The first-order chi connectivity index (χ1) is 17.0. The number of nitrogens with one attached hydrogen (secondary N) is 2. The fourth-order valence-electron chi connectivity index (χ4n) is 3.22. The molecule has 0 unspecified atom stereocenters. The van der Waals surface area contributed by atoms with Gasteiger partial charge in [-0.05, 0) is 48.5 Å². The van der Waals surface area contributed by atoms with Gasteiger partial charge in [0.1, 0.15) is 5.75 Å². The van der Waals surface area contributed by atoms with Crippen molar-refractivity contribution in [2.24, 2.45) is 0 Å². The quantitative estimate of drug-likeness (QED) is 0.343. The highest BCUT2D eigenvalue weighted by atomic mass is 16.5. The Labute approximate surface area is 201 Å². The van der Waals surface area contributed by atoms with Gasteiger partial charge >= 0.3 is 6.01 Å². The number of carbonyl (C=O) groups excluding carboxylic acids is 3. The lowest BCUT2D eigenvalue weighted by atomic mass is 10.1. The molecule has 35 heavy (non-hydrogen) atoms. The lowest BCUT2D eigenvalue weighted by Gasteiger charge is -2.06. The Bertz CT molecular complexity index is 1320. The summed E-state index contributed by atoms with van der Waals surface area (Å²) in [6.07, 6.45) is 0.169. The van der Waals surface area contributed by atoms with Gasteiger partial charge in [0.05, 0.1) is 7.11 Å². The third kappa shape index (κ3) is 6.17. The summed E-state index contributed by atoms with van der Waals surface area (Å²) in [6, 6.07) is 22.2. The lowest BCUT2D eigenvalue weighted by molar-refractivity contribution is -0.116. The summed E-state index contributed by atoms with van der Waals surface area (Å²) in [4.78, 5) is 36.8. The number of ether oxygens (including phenoxy) is 1. The van der Waals surface area contributed by atoms with Gasteiger partial charge < -0.3 is 14.5 Å². The second-order valence-electron chi connectivity index (χ2n) is 7.51. The van der Waals surface area contributed by atoms with E-state index in [1.165, 1.54) is 0 Å². The Balaban J connectivity index is 1.29. The molecule has 0 aliphatic carbocycles. The molecular formula is C26H22N4O5. The predicted molar refractivity (Wildman–Crippen MR) is 129 cm³/mol. The van der Waals surface area contributed by atoms with Crippen LogP contribution in [0.25, 0.3) is 11.5 Å². The monoisotopic (exact) mass is 470 g/mol. The standard InChI is InChI=1S/C26H22N4O5/c1-34-21-13-9-19(10-14-21)25-29-30-26(35-25)28-24(33)18-7-11-20(12-8-18)27-23(32)16-15-22(31)17-5-3-2-4-6-17/h2-14H,15-16H2,1H3,(H,27,32)(H,28,30,33). The highest BCUT2D eigenvalue weighted by Gasteiger charge is 2.14. The molecule has 4 rings (SSSR count). The number of methoxy groups -OCH3 is 1. The van der Waals surface area contributed by atoms with Gasteiger partial charge in [0.2, 0.25) is 11.8 Å². The molecule has 0 atom stereocenters. The van der Waals surface area contributed by atoms with Crippen LogP contribution in [0.3, 0.4) is 0 Å². The van der Waals surface area contributed by atoms with Crippen molar-refractivity contribution in [1.29, 1.82) is 0 Å². The molecule has 0 aliphatic heterocycles. The zero-order valence-corrected chi connectivity index (χ0v) is 18.9. The zero-order chi connectivity index (χ0) is 24.6. The van der Waals surface area contributed by atoms with Crippen LogP contribution in [0.5, 0.6) is 5.75 Å². The van der Waals surface area contributed by atoms with E-state index in [4.69, 9.17) is 9.15 Å². The maximum atomic E-state index is 12.5. The number of ketones is 1. The summed E-state index contributed by atoms with van der Waals surface area (Å²) >= 11 is 0. The molecule has 2 amide bonds. The highest BCUT2D eigenvalue weighted by molar-refractivity contribution is 6.04. The van der Waals surface area contributed by atoms with Crippen molar-refractivity contribution in [3.63, 3.8) is 0 Å². The first-order valence-corrected chi connectivity index (χ1v) is 10.8. The second kappa shape index (κ2) is 10.9. The van der Waals surface area contributed by atoms with Crippen molar-refractivity contribution >= 4 is 29.3 Å². The molecule has 0 radical (unpaired) electrons. The van der Waals surface area contributed by atoms with E-state index in [-0.39, 0.29) is 36.4 Å². The number of aromatic nitrogens is 2. The van der Waals surface area contributed by atoms with Crippen LogP contribution in [0.15, 0.2) is 83.3 Å². The first kappa shape index (κ1) is 23.4. The van der Waals surface area contributed by atoms with Crippen molar-refractivity contribution < 1.29 is 23.5 Å². The first-order valence-electron chi connectivity index (χ1n) is 10.8. The predicted octanol–water partition coefficient (Wildman–Crippen LogP) is 4.60. The molecule has 9 nitrogen and oxygen atoms in total. The summed E-state index contributed by atoms with van der Waals surface area (Å²) in [5.41, 5.74) is 2.11. The van der Waals surface area contributed by atoms with Gasteiger partial charge in [-0.1, -0.05) is 35.4 Å². The second-order valence-corrected chi connectivity index (χ2v) is 7.51. The van der Waals surface area contributed by atoms with E-state index in [1.807, 2.05) is 6.07 Å². The Morgan fingerprint density at radius 1 is 0.800 bits per heavy atom. The minimum absolute atomic E-state index is 0.0405. The van der Waals surface area contributed by atoms with Gasteiger partial charge in [0, 0.05) is 35.2 Å². The summed E-state index contributed by atoms with van der Waals surface area (Å²) < 4.78 is 10.6. The molecule has 0 bridgehead atoms. The van der Waals surface area contributed by atoms with Crippen LogP contribution in [0.1, 0.15) is 33.6 Å². The minimum atomic E-state index is -0.443. The van der Waals surface area contributed by atoms with Crippen LogP contribution in [-0.4, -0.2) is 34.9 Å². The fraction of sp³-hybridized carbons (Fsp3) is 0.115. The van der Waals surface area contributed by atoms with Gasteiger partial charge in [0.25, 0.3) is 5.91 Å². The van der Waals surface area contributed by atoms with Crippen LogP contribution in [-0.2, 0) is 4.79 Å². The van der Waals surface area contributed by atoms with Crippen LogP contribution in [0.4, 0.5) is 11.7 Å². The Morgan fingerprint density at radius 3 is 2.20 bits per heavy atom. The zero-order valence-electron chi connectivity index (χ0n) is 18.9. The maximum absolute atomic E-state index is 12.5. The van der Waals surface area contributed by atoms with E-state index in [0.29, 0.717) is 28.1 Å². The average molecular weight is 470 g/mol. The average Bonchev–Trinajstić information content (AvgIpc) is 3.36. The Morgan fingerprint density at radius 2 is 1.51 bits per heavy atom. The number of Topliss-reactive ketones (excluding diaryl/α,β-unsaturated/α-hetero) is 1. The van der Waals surface area contributed by atoms with Gasteiger partial charge in [0.15, 0.2) is 5.78 Å². The molecule has 0 aliphatic rings. The molecule has 3 aromatic carbocycles. The molecule has 0 saturated carbocycles. The van der Waals surface area contributed by atoms with Gasteiger partial charge in [-0.25, -0.2) is 0 Å².